The van der Waals surface area contributed by atoms with Gasteiger partial charge in [-0.15, -0.1) is 0 Å². The van der Waals surface area contributed by atoms with Gasteiger partial charge in [0.2, 0.25) is 6.41 Å². The summed E-state index contributed by atoms with van der Waals surface area (Å²) in [5.41, 5.74) is -3.60. The Morgan fingerprint density at radius 3 is 2.38 bits per heavy atom. The van der Waals surface area contributed by atoms with Crippen molar-refractivity contribution in [2.45, 2.75) is 10.4 Å². The van der Waals surface area contributed by atoms with Crippen molar-refractivity contribution in [3.05, 3.63) is 47.7 Å². The van der Waals surface area contributed by atoms with Gasteiger partial charge in [-0.1, -0.05) is 11.6 Å². The lowest BCUT2D eigenvalue weighted by atomic mass is 10.2. The number of carbonyl (C=O) groups is 1. The van der Waals surface area contributed by atoms with E-state index in [0.717, 1.165) is 0 Å². The van der Waals surface area contributed by atoms with Gasteiger partial charge >= 0.3 is 5.51 Å². The highest BCUT2D eigenvalue weighted by atomic mass is 35.5. The summed E-state index contributed by atoms with van der Waals surface area (Å²) in [6.45, 7) is 0. The van der Waals surface area contributed by atoms with Gasteiger partial charge in [-0.3, -0.25) is 9.69 Å². The maximum Gasteiger partial charge on any atom is 0.446 e. The van der Waals surface area contributed by atoms with Gasteiger partial charge in [0.05, 0.1) is 5.69 Å². The third-order valence-corrected chi connectivity index (χ3v) is 3.48. The second-order valence-electron chi connectivity index (χ2n) is 3.83. The Morgan fingerprint density at radius 1 is 1.19 bits per heavy atom. The van der Waals surface area contributed by atoms with Gasteiger partial charge in [-0.2, -0.15) is 13.2 Å². The second kappa shape index (κ2) is 6.36. The number of halogens is 4. The number of anilines is 2. The Kier molecular flexibility index (Phi) is 4.74. The largest absolute Gasteiger partial charge is 0.446 e. The van der Waals surface area contributed by atoms with Gasteiger partial charge in [0.25, 0.3) is 0 Å². The molecule has 0 radical (unpaired) electrons. The Labute approximate surface area is 127 Å². The van der Waals surface area contributed by atoms with Crippen LogP contribution in [0, 0.1) is 0 Å². The molecule has 0 aliphatic rings. The molecule has 0 saturated heterocycles. The van der Waals surface area contributed by atoms with E-state index in [9.17, 15) is 18.0 Å². The fraction of sp³-hybridized carbons (Fsp3) is 0.0769. The number of benzene rings is 1. The molecule has 1 aromatic heterocycles. The normalized spacial score (nSPS) is 11.2. The zero-order valence-corrected chi connectivity index (χ0v) is 11.9. The number of thioether (sulfide) groups is 1. The Hall–Kier alpha value is -1.73. The molecule has 0 saturated carbocycles. The van der Waals surface area contributed by atoms with Crippen LogP contribution in [0.3, 0.4) is 0 Å². The van der Waals surface area contributed by atoms with Crippen molar-refractivity contribution in [2.75, 3.05) is 4.90 Å². The summed E-state index contributed by atoms with van der Waals surface area (Å²) >= 11 is 5.68. The fourth-order valence-corrected chi connectivity index (χ4v) is 2.37. The maximum absolute atomic E-state index is 12.3. The van der Waals surface area contributed by atoms with Crippen LogP contribution < -0.4 is 4.90 Å². The molecule has 0 atom stereocenters. The van der Waals surface area contributed by atoms with Crippen LogP contribution in [0.2, 0.25) is 5.15 Å². The zero-order chi connectivity index (χ0) is 15.5. The van der Waals surface area contributed by atoms with Gasteiger partial charge in [-0.25, -0.2) is 4.98 Å². The van der Waals surface area contributed by atoms with E-state index >= 15 is 0 Å². The summed E-state index contributed by atoms with van der Waals surface area (Å²) in [6.07, 6.45) is 1.99. The molecule has 1 aromatic carbocycles. The minimum atomic E-state index is -4.35. The first-order chi connectivity index (χ1) is 9.90. The van der Waals surface area contributed by atoms with Crippen LogP contribution in [0.15, 0.2) is 47.5 Å². The van der Waals surface area contributed by atoms with Gasteiger partial charge in [-0.05, 0) is 48.2 Å². The highest BCUT2D eigenvalue weighted by Gasteiger charge is 2.29. The van der Waals surface area contributed by atoms with E-state index in [1.165, 1.54) is 35.4 Å². The van der Waals surface area contributed by atoms with E-state index < -0.39 is 5.51 Å². The zero-order valence-electron chi connectivity index (χ0n) is 10.3. The number of rotatable bonds is 4. The van der Waals surface area contributed by atoms with E-state index in [1.807, 2.05) is 0 Å². The van der Waals surface area contributed by atoms with Crippen molar-refractivity contribution in [1.82, 2.24) is 4.98 Å². The SMILES string of the molecule is O=CN(c1ccc(SC(F)(F)F)cc1)c1cccnc1Cl. The molecule has 1 amide bonds. The molecule has 1 heterocycles. The molecule has 0 unspecified atom stereocenters. The number of carbonyl (C=O) groups excluding carboxylic acids is 1. The molecule has 0 N–H and O–H groups in total. The summed E-state index contributed by atoms with van der Waals surface area (Å²) in [5.74, 6) is 0. The lowest BCUT2D eigenvalue weighted by Gasteiger charge is -2.18. The van der Waals surface area contributed by atoms with E-state index in [0.29, 0.717) is 17.8 Å². The van der Waals surface area contributed by atoms with Crippen LogP contribution in [0.25, 0.3) is 0 Å². The van der Waals surface area contributed by atoms with Crippen molar-refractivity contribution in [1.29, 1.82) is 0 Å². The van der Waals surface area contributed by atoms with Crippen LogP contribution in [-0.4, -0.2) is 16.9 Å². The molecule has 3 nitrogen and oxygen atoms in total. The molecular weight excluding hydrogens is 325 g/mol. The number of aromatic nitrogens is 1. The number of amides is 1. The monoisotopic (exact) mass is 332 g/mol. The number of hydrogen-bond acceptors (Lipinski definition) is 3. The lowest BCUT2D eigenvalue weighted by Crippen LogP contribution is -2.14. The quantitative estimate of drug-likeness (QED) is 0.464. The average molecular weight is 333 g/mol. The maximum atomic E-state index is 12.3. The van der Waals surface area contributed by atoms with E-state index in [1.54, 1.807) is 12.1 Å². The molecule has 21 heavy (non-hydrogen) atoms. The van der Waals surface area contributed by atoms with Crippen molar-refractivity contribution >= 4 is 41.1 Å². The number of hydrogen-bond donors (Lipinski definition) is 0. The van der Waals surface area contributed by atoms with Crippen molar-refractivity contribution in [3.8, 4) is 0 Å². The number of pyridine rings is 1. The van der Waals surface area contributed by atoms with Crippen molar-refractivity contribution in [2.24, 2.45) is 0 Å². The highest BCUT2D eigenvalue weighted by Crippen LogP contribution is 2.38. The minimum Gasteiger partial charge on any atom is -0.281 e. The van der Waals surface area contributed by atoms with Gasteiger partial charge in [0, 0.05) is 16.8 Å². The number of nitrogens with zero attached hydrogens (tertiary/aromatic N) is 2. The molecule has 0 aliphatic heterocycles. The van der Waals surface area contributed by atoms with Crippen molar-refractivity contribution < 1.29 is 18.0 Å². The van der Waals surface area contributed by atoms with Crippen LogP contribution >= 0.6 is 23.4 Å². The van der Waals surface area contributed by atoms with Crippen LogP contribution in [-0.2, 0) is 4.79 Å². The van der Waals surface area contributed by atoms with Crippen LogP contribution in [0.5, 0.6) is 0 Å². The summed E-state index contributed by atoms with van der Waals surface area (Å²) in [6, 6.07) is 8.58. The molecule has 0 bridgehead atoms. The predicted octanol–water partition coefficient (Wildman–Crippen LogP) is 4.64. The van der Waals surface area contributed by atoms with E-state index in [4.69, 9.17) is 11.6 Å². The Balaban J connectivity index is 2.28. The number of alkyl halides is 3. The third-order valence-electron chi connectivity index (χ3n) is 2.45. The molecule has 2 aromatic rings. The lowest BCUT2D eigenvalue weighted by molar-refractivity contribution is -0.106. The Bertz CT molecular complexity index is 634. The van der Waals surface area contributed by atoms with Gasteiger partial charge in [0.1, 0.15) is 0 Å². The molecule has 0 aliphatic carbocycles. The standard InChI is InChI=1S/C13H8ClF3N2OS/c14-12-11(2-1-7-18-12)19(8-20)9-3-5-10(6-4-9)21-13(15,16)17/h1-8H. The molecule has 110 valence electrons. The van der Waals surface area contributed by atoms with E-state index in [-0.39, 0.29) is 21.8 Å². The van der Waals surface area contributed by atoms with Crippen LogP contribution in [0.1, 0.15) is 0 Å². The second-order valence-corrected chi connectivity index (χ2v) is 5.33. The third kappa shape index (κ3) is 4.12. The van der Waals surface area contributed by atoms with Gasteiger partial charge < -0.3 is 0 Å². The van der Waals surface area contributed by atoms with Crippen molar-refractivity contribution in [3.63, 3.8) is 0 Å². The van der Waals surface area contributed by atoms with Gasteiger partial charge in [0.15, 0.2) is 5.15 Å². The van der Waals surface area contributed by atoms with Crippen LogP contribution in [0.4, 0.5) is 24.5 Å². The average Bonchev–Trinajstić information content (AvgIpc) is 2.42. The summed E-state index contributed by atoms with van der Waals surface area (Å²) in [4.78, 5) is 16.3. The molecule has 8 heteroatoms. The smallest absolute Gasteiger partial charge is 0.281 e. The molecule has 0 fully saturated rings. The Morgan fingerprint density at radius 2 is 1.86 bits per heavy atom. The highest BCUT2D eigenvalue weighted by molar-refractivity contribution is 8.00. The first kappa shape index (κ1) is 15.7. The van der Waals surface area contributed by atoms with E-state index in [2.05, 4.69) is 4.98 Å². The molecular formula is C13H8ClF3N2OS. The molecule has 2 rings (SSSR count). The summed E-state index contributed by atoms with van der Waals surface area (Å²) in [7, 11) is 0. The first-order valence-corrected chi connectivity index (χ1v) is 6.81. The first-order valence-electron chi connectivity index (χ1n) is 5.61. The predicted molar refractivity (Wildman–Crippen MR) is 75.8 cm³/mol. The topological polar surface area (TPSA) is 33.2 Å². The summed E-state index contributed by atoms with van der Waals surface area (Å²) < 4.78 is 36.8. The molecule has 0 spiro atoms. The summed E-state index contributed by atoms with van der Waals surface area (Å²) in [5, 5.41) is 0.123. The minimum absolute atomic E-state index is 0.0365. The fourth-order valence-electron chi connectivity index (χ4n) is 1.62.